The van der Waals surface area contributed by atoms with Gasteiger partial charge in [0, 0.05) is 62.4 Å². The number of pyridine rings is 2. The van der Waals surface area contributed by atoms with Crippen LogP contribution in [0.25, 0.3) is 0 Å². The summed E-state index contributed by atoms with van der Waals surface area (Å²) >= 11 is 6.02. The van der Waals surface area contributed by atoms with Gasteiger partial charge in [-0.25, -0.2) is 9.37 Å². The number of aromatic nitrogens is 2. The number of carbonyl (C=O) groups excluding carboxylic acids is 1. The smallest absolute Gasteiger partial charge is 0.253 e. The van der Waals surface area contributed by atoms with E-state index in [4.69, 9.17) is 16.3 Å². The third-order valence-corrected chi connectivity index (χ3v) is 8.23. The number of likely N-dealkylation sites (tertiary alicyclic amines) is 1. The molecule has 1 saturated heterocycles. The zero-order valence-electron chi connectivity index (χ0n) is 24.7. The predicted molar refractivity (Wildman–Crippen MR) is 162 cm³/mol. The molecule has 1 aromatic carbocycles. The van der Waals surface area contributed by atoms with Gasteiger partial charge in [0.2, 0.25) is 0 Å². The van der Waals surface area contributed by atoms with E-state index in [0.717, 1.165) is 49.2 Å². The summed E-state index contributed by atoms with van der Waals surface area (Å²) in [5, 5.41) is 3.46. The lowest BCUT2D eigenvalue weighted by Crippen LogP contribution is -2.48. The van der Waals surface area contributed by atoms with Crippen LogP contribution >= 0.6 is 11.6 Å². The summed E-state index contributed by atoms with van der Waals surface area (Å²) < 4.78 is 20.3. The van der Waals surface area contributed by atoms with Crippen molar-refractivity contribution in [1.82, 2.24) is 20.2 Å². The van der Waals surface area contributed by atoms with Crippen molar-refractivity contribution >= 4 is 23.2 Å². The fourth-order valence-corrected chi connectivity index (χ4v) is 5.94. The van der Waals surface area contributed by atoms with E-state index in [2.05, 4.69) is 38.9 Å². The third kappa shape index (κ3) is 7.74. The monoisotopic (exact) mass is 581 g/mol. The summed E-state index contributed by atoms with van der Waals surface area (Å²) in [6.45, 7) is 13.4. The first-order chi connectivity index (χ1) is 19.7. The first-order valence-electron chi connectivity index (χ1n) is 14.4. The van der Waals surface area contributed by atoms with Crippen molar-refractivity contribution in [2.24, 2.45) is 0 Å². The summed E-state index contributed by atoms with van der Waals surface area (Å²) in [5.41, 5.74) is 5.22. The molecule has 1 aliphatic rings. The molecule has 4 rings (SSSR count). The van der Waals surface area contributed by atoms with Gasteiger partial charge in [0.05, 0.1) is 17.9 Å². The number of hydrogen-bond acceptors (Lipinski definition) is 6. The number of nitrogens with zero attached hydrogens (tertiary/aromatic N) is 4. The molecule has 0 bridgehead atoms. The van der Waals surface area contributed by atoms with Crippen molar-refractivity contribution in [1.29, 1.82) is 0 Å². The van der Waals surface area contributed by atoms with E-state index in [9.17, 15) is 9.18 Å². The molecule has 1 atom stereocenters. The number of nitrogens with one attached hydrogen (secondary N) is 1. The van der Waals surface area contributed by atoms with E-state index in [1.54, 1.807) is 31.3 Å². The summed E-state index contributed by atoms with van der Waals surface area (Å²) in [4.78, 5) is 26.2. The van der Waals surface area contributed by atoms with Gasteiger partial charge in [-0.15, -0.1) is 0 Å². The van der Waals surface area contributed by atoms with Gasteiger partial charge in [0.1, 0.15) is 5.15 Å². The van der Waals surface area contributed by atoms with Crippen LogP contribution in [0.3, 0.4) is 0 Å². The Bertz CT molecular complexity index is 1320. The molecule has 2 aromatic heterocycles. The molecule has 0 saturated carbocycles. The maximum atomic E-state index is 14.9. The molecule has 0 aliphatic carbocycles. The van der Waals surface area contributed by atoms with Gasteiger partial charge >= 0.3 is 0 Å². The van der Waals surface area contributed by atoms with Crippen LogP contribution in [0.4, 0.5) is 10.1 Å². The van der Waals surface area contributed by atoms with E-state index in [-0.39, 0.29) is 23.5 Å². The number of amides is 1. The minimum absolute atomic E-state index is 0.112. The average Bonchev–Trinajstić information content (AvgIpc) is 2.93. The first-order valence-corrected chi connectivity index (χ1v) is 14.8. The average molecular weight is 582 g/mol. The molecule has 3 aromatic rings. The lowest BCUT2D eigenvalue weighted by molar-refractivity contribution is 0.0943. The molecule has 1 aliphatic heterocycles. The van der Waals surface area contributed by atoms with Crippen LogP contribution in [-0.2, 0) is 6.54 Å². The molecule has 0 spiro atoms. The predicted octanol–water partition coefficient (Wildman–Crippen LogP) is 6.27. The van der Waals surface area contributed by atoms with Crippen LogP contribution in [-0.4, -0.2) is 59.1 Å². The Kier molecular flexibility index (Phi) is 10.6. The molecule has 220 valence electrons. The molecule has 41 heavy (non-hydrogen) atoms. The van der Waals surface area contributed by atoms with Crippen molar-refractivity contribution < 1.29 is 13.9 Å². The van der Waals surface area contributed by atoms with E-state index in [1.165, 1.54) is 5.56 Å². The van der Waals surface area contributed by atoms with Gasteiger partial charge in [-0.2, -0.15) is 0 Å². The molecular formula is C32H41ClFN5O2. The molecule has 0 radical (unpaired) electrons. The normalized spacial score (nSPS) is 15.0. The molecule has 7 nitrogen and oxygen atoms in total. The minimum Gasteiger partial charge on any atom is -0.491 e. The largest absolute Gasteiger partial charge is 0.491 e. The topological polar surface area (TPSA) is 70.6 Å². The van der Waals surface area contributed by atoms with Gasteiger partial charge in [0.25, 0.3) is 5.91 Å². The summed E-state index contributed by atoms with van der Waals surface area (Å²) in [7, 11) is 0. The SMILES string of the molecule is CCOc1ccc(N(Cc2cnccc2C)C2CCN([C@H](C)CCNC(=O)c3c(C)cc(Cl)nc3C)CC2)cc1F. The van der Waals surface area contributed by atoms with Gasteiger partial charge in [-0.1, -0.05) is 11.6 Å². The third-order valence-electron chi connectivity index (χ3n) is 8.04. The Hall–Kier alpha value is -3.23. The fraction of sp³-hybridized carbons (Fsp3) is 0.469. The highest BCUT2D eigenvalue weighted by molar-refractivity contribution is 6.29. The second kappa shape index (κ2) is 14.1. The number of piperidine rings is 1. The quantitative estimate of drug-likeness (QED) is 0.269. The minimum atomic E-state index is -0.342. The number of anilines is 1. The Labute approximate surface area is 248 Å². The van der Waals surface area contributed by atoms with Crippen molar-refractivity contribution in [3.63, 3.8) is 0 Å². The summed E-state index contributed by atoms with van der Waals surface area (Å²) in [5.74, 6) is -0.175. The zero-order valence-corrected chi connectivity index (χ0v) is 25.5. The molecule has 3 heterocycles. The number of aryl methyl sites for hydroxylation is 3. The second-order valence-corrected chi connectivity index (χ2v) is 11.2. The van der Waals surface area contributed by atoms with Gasteiger partial charge < -0.3 is 19.9 Å². The van der Waals surface area contributed by atoms with Crippen LogP contribution in [0.15, 0.2) is 42.7 Å². The number of carbonyl (C=O) groups is 1. The maximum Gasteiger partial charge on any atom is 0.253 e. The molecule has 1 N–H and O–H groups in total. The van der Waals surface area contributed by atoms with Crippen LogP contribution in [0.2, 0.25) is 5.15 Å². The number of benzene rings is 1. The number of rotatable bonds is 11. The highest BCUT2D eigenvalue weighted by Crippen LogP contribution is 2.30. The van der Waals surface area contributed by atoms with E-state index >= 15 is 0 Å². The Morgan fingerprint density at radius 3 is 2.61 bits per heavy atom. The standard InChI is InChI=1S/C32H41ClFN5O2/c1-6-41-29-8-7-27(18-28(29)34)39(20-25-19-35-13-9-21(25)2)26-11-15-38(16-12-26)23(4)10-14-36-32(40)31-22(3)17-30(33)37-24(31)5/h7-9,13,17-19,23,26H,6,10-12,14-16,20H2,1-5H3,(H,36,40)/t23-/m1/s1. The highest BCUT2D eigenvalue weighted by Gasteiger charge is 2.28. The molecule has 9 heteroatoms. The van der Waals surface area contributed by atoms with Crippen molar-refractivity contribution in [3.05, 3.63) is 81.6 Å². The Morgan fingerprint density at radius 1 is 1.20 bits per heavy atom. The van der Waals surface area contributed by atoms with E-state index in [0.29, 0.717) is 42.1 Å². The number of ether oxygens (including phenoxy) is 1. The van der Waals surface area contributed by atoms with Crippen LogP contribution in [0.1, 0.15) is 65.9 Å². The van der Waals surface area contributed by atoms with E-state index < -0.39 is 0 Å². The molecular weight excluding hydrogens is 541 g/mol. The summed E-state index contributed by atoms with van der Waals surface area (Å²) in [6.07, 6.45) is 6.47. The van der Waals surface area contributed by atoms with Crippen LogP contribution in [0, 0.1) is 26.6 Å². The van der Waals surface area contributed by atoms with E-state index in [1.807, 2.05) is 32.2 Å². The fourth-order valence-electron chi connectivity index (χ4n) is 5.65. The zero-order chi connectivity index (χ0) is 29.5. The lowest BCUT2D eigenvalue weighted by Gasteiger charge is -2.42. The van der Waals surface area contributed by atoms with Gasteiger partial charge in [-0.05, 0) is 94.8 Å². The summed E-state index contributed by atoms with van der Waals surface area (Å²) in [6, 6.07) is 9.59. The van der Waals surface area contributed by atoms with Crippen LogP contribution in [0.5, 0.6) is 5.75 Å². The first kappa shape index (κ1) is 30.7. The Morgan fingerprint density at radius 2 is 1.95 bits per heavy atom. The Balaban J connectivity index is 1.37. The van der Waals surface area contributed by atoms with Gasteiger partial charge in [0.15, 0.2) is 11.6 Å². The van der Waals surface area contributed by atoms with Crippen molar-refractivity contribution in [3.8, 4) is 5.75 Å². The molecule has 0 unspecified atom stereocenters. The van der Waals surface area contributed by atoms with Crippen LogP contribution < -0.4 is 15.0 Å². The molecule has 1 amide bonds. The number of halogens is 2. The van der Waals surface area contributed by atoms with Crippen molar-refractivity contribution in [2.75, 3.05) is 31.1 Å². The lowest BCUT2D eigenvalue weighted by atomic mass is 9.99. The molecule has 1 fully saturated rings. The van der Waals surface area contributed by atoms with Gasteiger partial charge in [-0.3, -0.25) is 9.78 Å². The van der Waals surface area contributed by atoms with Crippen molar-refractivity contribution in [2.45, 2.75) is 72.5 Å². The maximum absolute atomic E-state index is 14.9. The number of hydrogen-bond donors (Lipinski definition) is 1. The highest BCUT2D eigenvalue weighted by atomic mass is 35.5. The second-order valence-electron chi connectivity index (χ2n) is 10.9.